The topological polar surface area (TPSA) is 114 Å². The average Bonchev–Trinajstić information content (AvgIpc) is 3.39. The third-order valence-electron chi connectivity index (χ3n) is 5.10. The first-order valence-electron chi connectivity index (χ1n) is 10.1. The minimum atomic E-state index is 0.205. The minimum absolute atomic E-state index is 0.205. The highest BCUT2D eigenvalue weighted by Gasteiger charge is 2.20. The number of benzene rings is 1. The molecule has 31 heavy (non-hydrogen) atoms. The van der Waals surface area contributed by atoms with Crippen LogP contribution in [0.4, 0.5) is 23.3 Å². The number of carbonyl (C=O) groups excluding carboxylic acids is 1. The van der Waals surface area contributed by atoms with Crippen molar-refractivity contribution in [2.75, 3.05) is 23.7 Å². The lowest BCUT2D eigenvalue weighted by atomic mass is 10.3. The molecule has 0 radical (unpaired) electrons. The molecular formula is C21H21N9O. The Hall–Kier alpha value is -4.08. The second-order valence-electron chi connectivity index (χ2n) is 7.20. The molecule has 0 bridgehead atoms. The van der Waals surface area contributed by atoms with Gasteiger partial charge < -0.3 is 20.1 Å². The van der Waals surface area contributed by atoms with Crippen molar-refractivity contribution in [2.24, 2.45) is 0 Å². The highest BCUT2D eigenvalue weighted by atomic mass is 16.2. The molecule has 1 saturated heterocycles. The third kappa shape index (κ3) is 4.13. The number of anilines is 4. The van der Waals surface area contributed by atoms with E-state index in [0.29, 0.717) is 48.3 Å². The molecule has 5 rings (SSSR count). The van der Waals surface area contributed by atoms with Crippen LogP contribution < -0.4 is 10.6 Å². The van der Waals surface area contributed by atoms with E-state index in [1.165, 1.54) is 6.33 Å². The number of para-hydroxylation sites is 1. The van der Waals surface area contributed by atoms with Crippen molar-refractivity contribution in [2.45, 2.75) is 19.4 Å². The highest BCUT2D eigenvalue weighted by Crippen LogP contribution is 2.25. The Morgan fingerprint density at radius 1 is 1.00 bits per heavy atom. The van der Waals surface area contributed by atoms with Gasteiger partial charge in [-0.3, -0.25) is 4.79 Å². The molecule has 10 nitrogen and oxygen atoms in total. The normalized spacial score (nSPS) is 13.7. The molecule has 1 aliphatic heterocycles. The van der Waals surface area contributed by atoms with Gasteiger partial charge in [0.1, 0.15) is 12.1 Å². The Morgan fingerprint density at radius 2 is 1.90 bits per heavy atom. The van der Waals surface area contributed by atoms with E-state index in [4.69, 9.17) is 0 Å². The zero-order valence-electron chi connectivity index (χ0n) is 16.8. The van der Waals surface area contributed by atoms with Crippen LogP contribution in [0.2, 0.25) is 0 Å². The quantitative estimate of drug-likeness (QED) is 0.474. The maximum absolute atomic E-state index is 12.0. The summed E-state index contributed by atoms with van der Waals surface area (Å²) in [5.41, 5.74) is 2.23. The Labute approximate surface area is 178 Å². The highest BCUT2D eigenvalue weighted by molar-refractivity contribution is 5.87. The van der Waals surface area contributed by atoms with Crippen molar-refractivity contribution >= 4 is 40.3 Å². The number of rotatable bonds is 7. The SMILES string of the molecule is O=C1CCCN1CCn1cnc2c(Nc3ccccc3)nc(Nc3ccncn3)nc21. The van der Waals surface area contributed by atoms with E-state index in [2.05, 4.69) is 35.6 Å². The van der Waals surface area contributed by atoms with Gasteiger partial charge in [0.25, 0.3) is 0 Å². The van der Waals surface area contributed by atoms with Gasteiger partial charge in [0.05, 0.1) is 6.33 Å². The summed E-state index contributed by atoms with van der Waals surface area (Å²) in [5.74, 6) is 1.78. The van der Waals surface area contributed by atoms with Gasteiger partial charge in [-0.25, -0.2) is 15.0 Å². The van der Waals surface area contributed by atoms with Gasteiger partial charge in [-0.15, -0.1) is 0 Å². The molecule has 0 saturated carbocycles. The van der Waals surface area contributed by atoms with E-state index >= 15 is 0 Å². The zero-order valence-corrected chi connectivity index (χ0v) is 16.8. The largest absolute Gasteiger partial charge is 0.341 e. The summed E-state index contributed by atoms with van der Waals surface area (Å²) in [4.78, 5) is 35.8. The third-order valence-corrected chi connectivity index (χ3v) is 5.10. The van der Waals surface area contributed by atoms with Gasteiger partial charge in [0, 0.05) is 37.9 Å². The molecule has 10 heteroatoms. The van der Waals surface area contributed by atoms with Gasteiger partial charge in [0.15, 0.2) is 17.0 Å². The number of fused-ring (bicyclic) bond motifs is 1. The molecular weight excluding hydrogens is 394 g/mol. The fraction of sp³-hybridized carbons (Fsp3) is 0.238. The standard InChI is InChI=1S/C21H21N9O/c31-17-7-4-10-29(17)11-12-30-14-24-18-19(25-15-5-2-1-3-6-15)27-21(28-20(18)30)26-16-8-9-22-13-23-16/h1-3,5-6,8-9,13-14H,4,7,10-12H2,(H2,22,23,25,26,27,28). The number of nitrogens with one attached hydrogen (secondary N) is 2. The summed E-state index contributed by atoms with van der Waals surface area (Å²) in [7, 11) is 0. The van der Waals surface area contributed by atoms with E-state index in [-0.39, 0.29) is 5.91 Å². The Kier molecular flexibility index (Phi) is 5.09. The summed E-state index contributed by atoms with van der Waals surface area (Å²) < 4.78 is 1.95. The molecule has 1 aliphatic rings. The first kappa shape index (κ1) is 18.9. The number of aromatic nitrogens is 6. The Bertz CT molecular complexity index is 1190. The van der Waals surface area contributed by atoms with E-state index < -0.39 is 0 Å². The van der Waals surface area contributed by atoms with Crippen LogP contribution in [0, 0.1) is 0 Å². The first-order chi connectivity index (χ1) is 15.3. The smallest absolute Gasteiger partial charge is 0.232 e. The van der Waals surface area contributed by atoms with E-state index in [9.17, 15) is 4.79 Å². The van der Waals surface area contributed by atoms with Gasteiger partial charge in [-0.05, 0) is 24.6 Å². The molecule has 1 amide bonds. The van der Waals surface area contributed by atoms with Gasteiger partial charge in [0.2, 0.25) is 11.9 Å². The van der Waals surface area contributed by atoms with E-state index in [1.807, 2.05) is 39.8 Å². The summed E-state index contributed by atoms with van der Waals surface area (Å²) >= 11 is 0. The molecule has 0 aliphatic carbocycles. The molecule has 0 atom stereocenters. The number of likely N-dealkylation sites (tertiary alicyclic amines) is 1. The number of carbonyl (C=O) groups is 1. The molecule has 2 N–H and O–H groups in total. The van der Waals surface area contributed by atoms with Crippen LogP contribution in [0.3, 0.4) is 0 Å². The van der Waals surface area contributed by atoms with Gasteiger partial charge in [-0.1, -0.05) is 18.2 Å². The summed E-state index contributed by atoms with van der Waals surface area (Å²) in [6.45, 7) is 2.04. The van der Waals surface area contributed by atoms with Crippen LogP contribution in [-0.4, -0.2) is 53.4 Å². The van der Waals surface area contributed by atoms with Crippen molar-refractivity contribution in [3.05, 3.63) is 55.2 Å². The number of imidazole rings is 1. The van der Waals surface area contributed by atoms with Crippen molar-refractivity contribution in [1.29, 1.82) is 0 Å². The van der Waals surface area contributed by atoms with Crippen LogP contribution in [-0.2, 0) is 11.3 Å². The molecule has 1 aromatic carbocycles. The van der Waals surface area contributed by atoms with Crippen molar-refractivity contribution in [1.82, 2.24) is 34.4 Å². The van der Waals surface area contributed by atoms with Crippen LogP contribution in [0.1, 0.15) is 12.8 Å². The summed E-state index contributed by atoms with van der Waals surface area (Å²) in [5, 5.41) is 6.45. The Balaban J connectivity index is 1.49. The lowest BCUT2D eigenvalue weighted by molar-refractivity contribution is -0.127. The predicted octanol–water partition coefficient (Wildman–Crippen LogP) is 2.73. The van der Waals surface area contributed by atoms with Crippen LogP contribution in [0.5, 0.6) is 0 Å². The second kappa shape index (κ2) is 8.34. The zero-order chi connectivity index (χ0) is 21.0. The van der Waals surface area contributed by atoms with E-state index in [1.54, 1.807) is 18.6 Å². The number of hydrogen-bond donors (Lipinski definition) is 2. The van der Waals surface area contributed by atoms with Crippen LogP contribution >= 0.6 is 0 Å². The lowest BCUT2D eigenvalue weighted by Gasteiger charge is -2.16. The summed E-state index contributed by atoms with van der Waals surface area (Å²) in [6.07, 6.45) is 6.40. The Morgan fingerprint density at radius 3 is 2.68 bits per heavy atom. The van der Waals surface area contributed by atoms with Crippen molar-refractivity contribution < 1.29 is 4.79 Å². The molecule has 1 fully saturated rings. The lowest BCUT2D eigenvalue weighted by Crippen LogP contribution is -2.28. The number of amides is 1. The fourth-order valence-corrected chi connectivity index (χ4v) is 3.56. The average molecular weight is 415 g/mol. The number of hydrogen-bond acceptors (Lipinski definition) is 8. The molecule has 156 valence electrons. The first-order valence-corrected chi connectivity index (χ1v) is 10.1. The molecule has 4 heterocycles. The van der Waals surface area contributed by atoms with Crippen LogP contribution in [0.15, 0.2) is 55.2 Å². The molecule has 3 aromatic heterocycles. The second-order valence-corrected chi connectivity index (χ2v) is 7.20. The van der Waals surface area contributed by atoms with Crippen molar-refractivity contribution in [3.8, 4) is 0 Å². The fourth-order valence-electron chi connectivity index (χ4n) is 3.56. The predicted molar refractivity (Wildman–Crippen MR) is 116 cm³/mol. The summed E-state index contributed by atoms with van der Waals surface area (Å²) in [6, 6.07) is 11.5. The molecule has 0 spiro atoms. The minimum Gasteiger partial charge on any atom is -0.341 e. The van der Waals surface area contributed by atoms with Crippen LogP contribution in [0.25, 0.3) is 11.2 Å². The molecule has 0 unspecified atom stereocenters. The van der Waals surface area contributed by atoms with Crippen molar-refractivity contribution in [3.63, 3.8) is 0 Å². The maximum atomic E-state index is 12.0. The number of nitrogens with zero attached hydrogens (tertiary/aromatic N) is 7. The monoisotopic (exact) mass is 415 g/mol. The van der Waals surface area contributed by atoms with Gasteiger partial charge >= 0.3 is 0 Å². The molecule has 4 aromatic rings. The maximum Gasteiger partial charge on any atom is 0.232 e. The van der Waals surface area contributed by atoms with Gasteiger partial charge in [-0.2, -0.15) is 9.97 Å². The van der Waals surface area contributed by atoms with E-state index in [0.717, 1.165) is 18.7 Å².